The summed E-state index contributed by atoms with van der Waals surface area (Å²) < 4.78 is 8.79. The third kappa shape index (κ3) is 3.86. The molecule has 0 bridgehead atoms. The van der Waals surface area contributed by atoms with Gasteiger partial charge in [0.25, 0.3) is 0 Å². The van der Waals surface area contributed by atoms with Crippen LogP contribution in [0.5, 0.6) is 0 Å². The standard InChI is InChI=1S/C21H18ClNO6Se/c1-28-19(26)21(20(27)29-2,30-13-8-4-3-5-9-13)12-16(22)23-17(24)14-10-6-7-11-15(14)18(23)25/h3-11,16H,12H2,1-2H3. The first kappa shape index (κ1) is 22.0. The molecule has 30 heavy (non-hydrogen) atoms. The monoisotopic (exact) mass is 495 g/mol. The summed E-state index contributed by atoms with van der Waals surface area (Å²) in [5.41, 5.74) is -0.812. The van der Waals surface area contributed by atoms with Crippen molar-refractivity contribution in [2.24, 2.45) is 0 Å². The molecule has 0 radical (unpaired) electrons. The molecule has 1 aliphatic heterocycles. The molecule has 1 aliphatic rings. The number of fused-ring (bicyclic) bond motifs is 1. The van der Waals surface area contributed by atoms with Crippen LogP contribution >= 0.6 is 11.6 Å². The molecule has 0 spiro atoms. The number of rotatable bonds is 7. The molecule has 9 heteroatoms. The zero-order valence-corrected chi connectivity index (χ0v) is 18.6. The fourth-order valence-electron chi connectivity index (χ4n) is 3.19. The summed E-state index contributed by atoms with van der Waals surface area (Å²) in [6.07, 6.45) is -0.339. The number of methoxy groups -OCH3 is 2. The van der Waals surface area contributed by atoms with Gasteiger partial charge in [-0.1, -0.05) is 0 Å². The van der Waals surface area contributed by atoms with Crippen LogP contribution in [0.15, 0.2) is 54.6 Å². The predicted molar refractivity (Wildman–Crippen MR) is 110 cm³/mol. The number of esters is 2. The van der Waals surface area contributed by atoms with Crippen molar-refractivity contribution in [1.82, 2.24) is 4.90 Å². The van der Waals surface area contributed by atoms with Gasteiger partial charge in [-0.3, -0.25) is 0 Å². The molecular formula is C21H18ClNO6Se. The second-order valence-corrected chi connectivity index (χ2v) is 9.77. The Morgan fingerprint density at radius 1 is 0.933 bits per heavy atom. The van der Waals surface area contributed by atoms with Crippen LogP contribution in [0.2, 0.25) is 4.31 Å². The fraction of sp³-hybridized carbons (Fsp3) is 0.238. The average molecular weight is 495 g/mol. The van der Waals surface area contributed by atoms with Gasteiger partial charge in [0.2, 0.25) is 0 Å². The van der Waals surface area contributed by atoms with E-state index in [2.05, 4.69) is 0 Å². The molecule has 2 aromatic carbocycles. The zero-order chi connectivity index (χ0) is 21.9. The number of nitrogens with zero attached hydrogens (tertiary/aromatic N) is 1. The molecule has 7 nitrogen and oxygen atoms in total. The van der Waals surface area contributed by atoms with E-state index in [9.17, 15) is 19.2 Å². The van der Waals surface area contributed by atoms with Gasteiger partial charge in [-0.25, -0.2) is 0 Å². The maximum absolute atomic E-state index is 12.8. The summed E-state index contributed by atoms with van der Waals surface area (Å²) in [6.45, 7) is 0. The van der Waals surface area contributed by atoms with E-state index in [0.29, 0.717) is 0 Å². The number of ether oxygens (including phenoxy) is 2. The molecule has 1 atom stereocenters. The van der Waals surface area contributed by atoms with Crippen molar-refractivity contribution in [2.75, 3.05) is 14.2 Å². The number of hydrogen-bond donors (Lipinski definition) is 0. The maximum atomic E-state index is 12.8. The first-order valence-electron chi connectivity index (χ1n) is 8.87. The second kappa shape index (κ2) is 9.00. The summed E-state index contributed by atoms with van der Waals surface area (Å²) in [4.78, 5) is 52.0. The molecule has 1 unspecified atom stereocenters. The second-order valence-electron chi connectivity index (χ2n) is 6.39. The van der Waals surface area contributed by atoms with Gasteiger partial charge in [0, 0.05) is 0 Å². The number of carbonyl (C=O) groups excluding carboxylic acids is 4. The number of hydrogen-bond acceptors (Lipinski definition) is 6. The van der Waals surface area contributed by atoms with Gasteiger partial charge < -0.3 is 0 Å². The molecule has 156 valence electrons. The Kier molecular flexibility index (Phi) is 6.61. The minimum absolute atomic E-state index is 0.225. The van der Waals surface area contributed by atoms with Gasteiger partial charge >= 0.3 is 185 Å². The summed E-state index contributed by atoms with van der Waals surface area (Å²) in [6, 6.07) is 15.2. The number of carbonyl (C=O) groups is 4. The molecule has 2 aromatic rings. The van der Waals surface area contributed by atoms with Crippen molar-refractivity contribution >= 4 is 54.8 Å². The predicted octanol–water partition coefficient (Wildman–Crippen LogP) is 1.77. The summed E-state index contributed by atoms with van der Waals surface area (Å²) in [5.74, 6) is -2.82. The van der Waals surface area contributed by atoms with Crippen LogP contribution in [0.1, 0.15) is 27.1 Å². The third-order valence-electron chi connectivity index (χ3n) is 4.63. The summed E-state index contributed by atoms with van der Waals surface area (Å²) >= 11 is 5.71. The Morgan fingerprint density at radius 3 is 1.87 bits per heavy atom. The number of halogens is 1. The van der Waals surface area contributed by atoms with E-state index in [0.717, 1.165) is 23.6 Å². The molecule has 0 aromatic heterocycles. The molecular weight excluding hydrogens is 477 g/mol. The van der Waals surface area contributed by atoms with E-state index in [4.69, 9.17) is 21.1 Å². The topological polar surface area (TPSA) is 90.0 Å². The van der Waals surface area contributed by atoms with Crippen LogP contribution in [-0.2, 0) is 19.1 Å². The van der Waals surface area contributed by atoms with Gasteiger partial charge in [-0.2, -0.15) is 0 Å². The van der Waals surface area contributed by atoms with Crippen LogP contribution in [0, 0.1) is 0 Å². The number of amides is 2. The van der Waals surface area contributed by atoms with Gasteiger partial charge in [0.15, 0.2) is 0 Å². The van der Waals surface area contributed by atoms with E-state index in [1.807, 2.05) is 0 Å². The number of alkyl halides is 1. The fourth-order valence-corrected chi connectivity index (χ4v) is 6.47. The molecule has 0 aliphatic carbocycles. The van der Waals surface area contributed by atoms with Crippen LogP contribution in [0.25, 0.3) is 0 Å². The molecule has 1 heterocycles. The van der Waals surface area contributed by atoms with Crippen molar-refractivity contribution in [3.05, 3.63) is 65.7 Å². The molecule has 0 N–H and O–H groups in total. The van der Waals surface area contributed by atoms with Crippen LogP contribution in [0.3, 0.4) is 0 Å². The first-order chi connectivity index (χ1) is 14.4. The van der Waals surface area contributed by atoms with Crippen molar-refractivity contribution in [2.45, 2.75) is 16.2 Å². The normalized spacial score (nSPS) is 14.3. The Balaban J connectivity index is 1.98. The Morgan fingerprint density at radius 2 is 1.40 bits per heavy atom. The Bertz CT molecular complexity index is 945. The van der Waals surface area contributed by atoms with Gasteiger partial charge in [-0.15, -0.1) is 0 Å². The SMILES string of the molecule is COC(=O)C(CC(Cl)N1C(=O)c2ccccc2C1=O)([Se]c1ccccc1)C(=O)OC. The number of benzene rings is 2. The van der Waals surface area contributed by atoms with Gasteiger partial charge in [0.05, 0.1) is 0 Å². The molecule has 0 saturated heterocycles. The van der Waals surface area contributed by atoms with Crippen molar-refractivity contribution in [1.29, 1.82) is 0 Å². The number of imide groups is 1. The van der Waals surface area contributed by atoms with Crippen molar-refractivity contribution < 1.29 is 28.7 Å². The van der Waals surface area contributed by atoms with E-state index < -0.39 is 48.5 Å². The van der Waals surface area contributed by atoms with Crippen LogP contribution < -0.4 is 4.46 Å². The van der Waals surface area contributed by atoms with E-state index >= 15 is 0 Å². The Labute approximate surface area is 184 Å². The summed E-state index contributed by atoms with van der Waals surface area (Å²) in [7, 11) is 2.32. The van der Waals surface area contributed by atoms with Gasteiger partial charge in [-0.05, 0) is 0 Å². The minimum atomic E-state index is -1.78. The first-order valence-corrected chi connectivity index (χ1v) is 11.0. The van der Waals surface area contributed by atoms with E-state index in [1.165, 1.54) is 12.1 Å². The van der Waals surface area contributed by atoms with Crippen molar-refractivity contribution in [3.63, 3.8) is 0 Å². The third-order valence-corrected chi connectivity index (χ3v) is 7.82. The molecule has 0 fully saturated rings. The van der Waals surface area contributed by atoms with E-state index in [1.54, 1.807) is 42.5 Å². The summed E-state index contributed by atoms with van der Waals surface area (Å²) in [5, 5.41) is 0. The quantitative estimate of drug-likeness (QED) is 0.146. The van der Waals surface area contributed by atoms with Crippen LogP contribution in [0.4, 0.5) is 0 Å². The molecule has 0 saturated carbocycles. The van der Waals surface area contributed by atoms with Gasteiger partial charge in [0.1, 0.15) is 0 Å². The zero-order valence-electron chi connectivity index (χ0n) is 16.2. The Hall–Kier alpha value is -2.67. The van der Waals surface area contributed by atoms with Crippen LogP contribution in [-0.4, -0.2) is 63.3 Å². The van der Waals surface area contributed by atoms with E-state index in [-0.39, 0.29) is 17.5 Å². The van der Waals surface area contributed by atoms with Crippen molar-refractivity contribution in [3.8, 4) is 0 Å². The molecule has 2 amide bonds. The average Bonchev–Trinajstić information content (AvgIpc) is 3.03. The molecule has 3 rings (SSSR count).